The number of aryl methyl sites for hydroxylation is 1. The van der Waals surface area contributed by atoms with E-state index in [-0.39, 0.29) is 0 Å². The highest BCUT2D eigenvalue weighted by Crippen LogP contribution is 2.40. The largest absolute Gasteiger partial charge is 0.417 e. The molecule has 0 saturated carbocycles. The van der Waals surface area contributed by atoms with Crippen LogP contribution in [-0.4, -0.2) is 4.40 Å². The number of fused-ring (bicyclic) bond motifs is 4. The highest BCUT2D eigenvalue weighted by Gasteiger charge is 2.36. The summed E-state index contributed by atoms with van der Waals surface area (Å²) < 4.78 is 43.3. The molecular formula is C22H16F3N. The third kappa shape index (κ3) is 2.11. The molecule has 0 N–H and O–H groups in total. The molecule has 0 amide bonds. The van der Waals surface area contributed by atoms with Gasteiger partial charge >= 0.3 is 6.18 Å². The van der Waals surface area contributed by atoms with Gasteiger partial charge in [-0.25, -0.2) is 0 Å². The molecule has 1 nitrogen and oxygen atoms in total. The van der Waals surface area contributed by atoms with Gasteiger partial charge in [-0.15, -0.1) is 0 Å². The number of para-hydroxylation sites is 1. The third-order valence-corrected chi connectivity index (χ3v) is 5.37. The van der Waals surface area contributed by atoms with Gasteiger partial charge in [-0.1, -0.05) is 30.3 Å². The third-order valence-electron chi connectivity index (χ3n) is 5.37. The van der Waals surface area contributed by atoms with Crippen molar-refractivity contribution in [1.82, 2.24) is 4.40 Å². The Hall–Kier alpha value is -2.75. The summed E-state index contributed by atoms with van der Waals surface area (Å²) in [5.41, 5.74) is 3.52. The summed E-state index contributed by atoms with van der Waals surface area (Å²) in [4.78, 5) is 0. The molecule has 4 heteroatoms. The van der Waals surface area contributed by atoms with E-state index in [1.165, 1.54) is 12.1 Å². The van der Waals surface area contributed by atoms with Crippen molar-refractivity contribution in [2.24, 2.45) is 0 Å². The molecule has 0 spiro atoms. The molecule has 130 valence electrons. The van der Waals surface area contributed by atoms with Crippen molar-refractivity contribution in [3.63, 3.8) is 0 Å². The van der Waals surface area contributed by atoms with Gasteiger partial charge < -0.3 is 4.40 Å². The van der Waals surface area contributed by atoms with Gasteiger partial charge in [0.2, 0.25) is 0 Å². The Morgan fingerprint density at radius 3 is 2.46 bits per heavy atom. The Morgan fingerprint density at radius 2 is 1.62 bits per heavy atom. The van der Waals surface area contributed by atoms with E-state index in [0.29, 0.717) is 18.4 Å². The van der Waals surface area contributed by atoms with E-state index in [0.717, 1.165) is 39.2 Å². The van der Waals surface area contributed by atoms with Crippen molar-refractivity contribution in [2.75, 3.05) is 0 Å². The quantitative estimate of drug-likeness (QED) is 0.401. The minimum Gasteiger partial charge on any atom is -0.316 e. The molecule has 5 rings (SSSR count). The zero-order chi connectivity index (χ0) is 17.9. The summed E-state index contributed by atoms with van der Waals surface area (Å²) in [5.74, 6) is 0. The maximum absolute atomic E-state index is 13.7. The van der Waals surface area contributed by atoms with Gasteiger partial charge in [0.15, 0.2) is 0 Å². The maximum atomic E-state index is 13.7. The number of rotatable bonds is 0. The predicted molar refractivity (Wildman–Crippen MR) is 97.0 cm³/mol. The number of alkyl halides is 3. The highest BCUT2D eigenvalue weighted by atomic mass is 19.4. The first-order chi connectivity index (χ1) is 12.6. The lowest BCUT2D eigenvalue weighted by atomic mass is 9.82. The lowest BCUT2D eigenvalue weighted by molar-refractivity contribution is -0.137. The molecule has 0 unspecified atom stereocenters. The summed E-state index contributed by atoms with van der Waals surface area (Å²) in [5, 5.41) is 1.96. The van der Waals surface area contributed by atoms with Crippen LogP contribution in [0.25, 0.3) is 22.0 Å². The fourth-order valence-corrected chi connectivity index (χ4v) is 4.38. The first-order valence-corrected chi connectivity index (χ1v) is 8.76. The molecule has 0 atom stereocenters. The van der Waals surface area contributed by atoms with Crippen molar-refractivity contribution in [1.29, 1.82) is 0 Å². The van der Waals surface area contributed by atoms with Crippen LogP contribution < -0.4 is 5.22 Å². The second-order valence-electron chi connectivity index (χ2n) is 6.83. The molecule has 0 radical (unpaired) electrons. The van der Waals surface area contributed by atoms with Crippen molar-refractivity contribution in [3.8, 4) is 0 Å². The van der Waals surface area contributed by atoms with Gasteiger partial charge in [0.25, 0.3) is 0 Å². The standard InChI is InChI=1S/C22H16F3N/c23-22(24,25)17-10-4-7-14-6-3-9-16(20(14)17)21-15-8-1-2-11-18(15)26-13-5-12-19(21)26/h1-2,4-5,7-8,10-13H,3,6,9H2/b21-16-. The summed E-state index contributed by atoms with van der Waals surface area (Å²) in [6, 6.07) is 16.5. The minimum atomic E-state index is -4.35. The lowest BCUT2D eigenvalue weighted by Gasteiger charge is -2.23. The summed E-state index contributed by atoms with van der Waals surface area (Å²) in [6.07, 6.45) is -0.153. The Morgan fingerprint density at radius 1 is 0.808 bits per heavy atom. The smallest absolute Gasteiger partial charge is 0.316 e. The minimum absolute atomic E-state index is 0.394. The van der Waals surface area contributed by atoms with Crippen LogP contribution in [0.1, 0.15) is 29.5 Å². The van der Waals surface area contributed by atoms with E-state index < -0.39 is 11.7 Å². The monoisotopic (exact) mass is 351 g/mol. The molecule has 0 fully saturated rings. The second kappa shape index (κ2) is 5.37. The SMILES string of the molecule is FC(F)(F)c1cccc2c1/C(=c1/c3ccccc3n3cccc13)CCC2. The summed E-state index contributed by atoms with van der Waals surface area (Å²) in [7, 11) is 0. The maximum Gasteiger partial charge on any atom is 0.417 e. The predicted octanol–water partition coefficient (Wildman–Crippen LogP) is 5.37. The van der Waals surface area contributed by atoms with Crippen LogP contribution in [0, 0.1) is 0 Å². The molecule has 0 bridgehead atoms. The van der Waals surface area contributed by atoms with Crippen LogP contribution in [0.15, 0.2) is 60.8 Å². The van der Waals surface area contributed by atoms with Crippen molar-refractivity contribution < 1.29 is 13.2 Å². The van der Waals surface area contributed by atoms with Gasteiger partial charge in [-0.05, 0) is 60.2 Å². The van der Waals surface area contributed by atoms with Gasteiger partial charge in [-0.3, -0.25) is 0 Å². The fraction of sp³-hybridized carbons (Fsp3) is 0.182. The first-order valence-electron chi connectivity index (χ1n) is 8.76. The Labute approximate surface area is 148 Å². The van der Waals surface area contributed by atoms with Gasteiger partial charge in [0.1, 0.15) is 0 Å². The van der Waals surface area contributed by atoms with Crippen LogP contribution in [0.4, 0.5) is 13.2 Å². The molecule has 2 heterocycles. The molecule has 0 aliphatic heterocycles. The van der Waals surface area contributed by atoms with E-state index in [1.807, 2.05) is 48.7 Å². The summed E-state index contributed by atoms with van der Waals surface area (Å²) in [6.45, 7) is 0. The average Bonchev–Trinajstić information content (AvgIpc) is 3.21. The fourth-order valence-electron chi connectivity index (χ4n) is 4.38. The van der Waals surface area contributed by atoms with E-state index in [4.69, 9.17) is 0 Å². The Kier molecular flexibility index (Phi) is 3.20. The summed E-state index contributed by atoms with van der Waals surface area (Å²) >= 11 is 0. The van der Waals surface area contributed by atoms with Crippen molar-refractivity contribution in [3.05, 3.63) is 82.7 Å². The molecule has 4 aromatic rings. The van der Waals surface area contributed by atoms with Crippen molar-refractivity contribution >= 4 is 22.0 Å². The lowest BCUT2D eigenvalue weighted by Crippen LogP contribution is -2.18. The molecule has 1 aliphatic rings. The molecular weight excluding hydrogens is 335 g/mol. The number of aromatic nitrogens is 1. The number of halogens is 3. The van der Waals surface area contributed by atoms with E-state index in [1.54, 1.807) is 0 Å². The van der Waals surface area contributed by atoms with E-state index in [2.05, 4.69) is 4.40 Å². The van der Waals surface area contributed by atoms with Gasteiger partial charge in [0.05, 0.1) is 16.6 Å². The number of hydrogen-bond donors (Lipinski definition) is 0. The average molecular weight is 351 g/mol. The van der Waals surface area contributed by atoms with Crippen LogP contribution in [0.3, 0.4) is 0 Å². The molecule has 2 aromatic heterocycles. The second-order valence-corrected chi connectivity index (χ2v) is 6.83. The Balaban J connectivity index is 2.01. The van der Waals surface area contributed by atoms with Gasteiger partial charge in [-0.2, -0.15) is 13.2 Å². The highest BCUT2D eigenvalue weighted by molar-refractivity contribution is 5.93. The van der Waals surface area contributed by atoms with Crippen LogP contribution in [0.5, 0.6) is 0 Å². The first kappa shape index (κ1) is 15.5. The normalized spacial score (nSPS) is 17.0. The molecule has 0 saturated heterocycles. The van der Waals surface area contributed by atoms with E-state index >= 15 is 0 Å². The van der Waals surface area contributed by atoms with E-state index in [9.17, 15) is 13.2 Å². The molecule has 2 aromatic carbocycles. The number of benzene rings is 2. The zero-order valence-electron chi connectivity index (χ0n) is 14.0. The zero-order valence-corrected chi connectivity index (χ0v) is 14.0. The molecule has 1 aliphatic carbocycles. The number of nitrogens with zero attached hydrogens (tertiary/aromatic N) is 1. The van der Waals surface area contributed by atoms with Gasteiger partial charge in [0, 0.05) is 16.8 Å². The Bertz CT molecular complexity index is 1200. The van der Waals surface area contributed by atoms with Crippen molar-refractivity contribution in [2.45, 2.75) is 25.4 Å². The topological polar surface area (TPSA) is 4.41 Å². The van der Waals surface area contributed by atoms with Crippen LogP contribution >= 0.6 is 0 Å². The van der Waals surface area contributed by atoms with Crippen LogP contribution in [0.2, 0.25) is 0 Å². The van der Waals surface area contributed by atoms with Crippen LogP contribution in [-0.2, 0) is 12.6 Å². The number of hydrogen-bond acceptors (Lipinski definition) is 0. The molecule has 26 heavy (non-hydrogen) atoms.